The zero-order valence-electron chi connectivity index (χ0n) is 33.5. The van der Waals surface area contributed by atoms with Gasteiger partial charge < -0.3 is 19.8 Å². The van der Waals surface area contributed by atoms with Crippen molar-refractivity contribution in [3.05, 3.63) is 119 Å². The molecule has 0 spiro atoms. The van der Waals surface area contributed by atoms with Gasteiger partial charge in [-0.15, -0.1) is 11.6 Å². The summed E-state index contributed by atoms with van der Waals surface area (Å²) in [6.07, 6.45) is 3.13. The lowest BCUT2D eigenvalue weighted by Crippen LogP contribution is -2.54. The Morgan fingerprint density at radius 1 is 0.700 bits per heavy atom. The minimum absolute atomic E-state index is 0.0946. The van der Waals surface area contributed by atoms with Crippen LogP contribution in [0.15, 0.2) is 91.0 Å². The van der Waals surface area contributed by atoms with Crippen LogP contribution in [0, 0.1) is 5.92 Å². The number of piperazine rings is 1. The number of allylic oxidation sites excluding steroid dienone is 1. The van der Waals surface area contributed by atoms with E-state index in [1.165, 1.54) is 0 Å². The number of likely N-dealkylation sites (tertiary alicyclic amines) is 1. The molecule has 0 aromatic heterocycles. The molecule has 4 aliphatic rings. The first kappa shape index (κ1) is 41.1. The van der Waals surface area contributed by atoms with Crippen LogP contribution in [-0.4, -0.2) is 119 Å². The number of phenolic OH excluding ortho intramolecular Hbond substituents is 2. The van der Waals surface area contributed by atoms with Gasteiger partial charge >= 0.3 is 0 Å². The van der Waals surface area contributed by atoms with E-state index < -0.39 is 23.8 Å². The van der Waals surface area contributed by atoms with Crippen LogP contribution in [0.5, 0.6) is 17.2 Å². The molecule has 312 valence electrons. The van der Waals surface area contributed by atoms with Crippen LogP contribution in [0.25, 0.3) is 11.1 Å². The van der Waals surface area contributed by atoms with Gasteiger partial charge in [-0.1, -0.05) is 36.4 Å². The van der Waals surface area contributed by atoms with E-state index in [2.05, 4.69) is 32.1 Å². The average Bonchev–Trinajstić information content (AvgIpc) is 3.50. The van der Waals surface area contributed by atoms with Crippen molar-refractivity contribution in [1.82, 2.24) is 20.0 Å². The van der Waals surface area contributed by atoms with Crippen molar-refractivity contribution < 1.29 is 34.1 Å². The van der Waals surface area contributed by atoms with Crippen LogP contribution in [0.3, 0.4) is 0 Å². The number of amides is 4. The highest BCUT2D eigenvalue weighted by Crippen LogP contribution is 2.37. The van der Waals surface area contributed by atoms with Gasteiger partial charge in [-0.05, 0) is 127 Å². The number of fused-ring (bicyclic) bond motifs is 1. The smallest absolute Gasteiger partial charge is 0.262 e. The van der Waals surface area contributed by atoms with Gasteiger partial charge in [0.05, 0.1) is 11.1 Å². The number of alkyl halides is 1. The predicted octanol–water partition coefficient (Wildman–Crippen LogP) is 6.00. The molecule has 4 heterocycles. The number of carbonyl (C=O) groups excluding carboxylic acids is 4. The molecule has 12 nitrogen and oxygen atoms in total. The van der Waals surface area contributed by atoms with Crippen molar-refractivity contribution in [2.24, 2.45) is 5.92 Å². The molecule has 0 bridgehead atoms. The van der Waals surface area contributed by atoms with Gasteiger partial charge in [-0.2, -0.15) is 0 Å². The van der Waals surface area contributed by atoms with Gasteiger partial charge in [-0.25, -0.2) is 0 Å². The van der Waals surface area contributed by atoms with Gasteiger partial charge in [0, 0.05) is 57.3 Å². The third-order valence-corrected chi connectivity index (χ3v) is 12.4. The van der Waals surface area contributed by atoms with Gasteiger partial charge in [0.1, 0.15) is 29.9 Å². The third-order valence-electron chi connectivity index (χ3n) is 12.2. The fourth-order valence-electron chi connectivity index (χ4n) is 8.93. The number of carbonyl (C=O) groups is 4. The molecular formula is C47H50ClN5O7. The SMILES string of the molecule is O=C1CCC(N2C(=O)c3ccc(N4CCN(CC5CCN(CCOc6ccc(C(=C(CCCl)c7ccc(O)cc7)c7ccc(O)cc7)cc6)CC5)CC4)cc3C2=O)C(=O)N1. The number of aromatic hydroxyl groups is 2. The number of hydrogen-bond donors (Lipinski definition) is 3. The van der Waals surface area contributed by atoms with E-state index in [1.54, 1.807) is 36.4 Å². The Labute approximate surface area is 355 Å². The molecule has 8 rings (SSSR count). The summed E-state index contributed by atoms with van der Waals surface area (Å²) < 4.78 is 6.22. The second kappa shape index (κ2) is 18.3. The van der Waals surface area contributed by atoms with Gasteiger partial charge in [0.25, 0.3) is 11.8 Å². The summed E-state index contributed by atoms with van der Waals surface area (Å²) in [4.78, 5) is 58.8. The van der Waals surface area contributed by atoms with Gasteiger partial charge in [0.2, 0.25) is 11.8 Å². The maximum Gasteiger partial charge on any atom is 0.262 e. The molecule has 1 atom stereocenters. The number of imide groups is 2. The van der Waals surface area contributed by atoms with E-state index in [4.69, 9.17) is 16.3 Å². The summed E-state index contributed by atoms with van der Waals surface area (Å²) in [6.45, 7) is 8.03. The molecule has 1 unspecified atom stereocenters. The summed E-state index contributed by atoms with van der Waals surface area (Å²) in [7, 11) is 0. The van der Waals surface area contributed by atoms with Crippen molar-refractivity contribution in [3.63, 3.8) is 0 Å². The van der Waals surface area contributed by atoms with Crippen molar-refractivity contribution in [2.45, 2.75) is 38.1 Å². The summed E-state index contributed by atoms with van der Waals surface area (Å²) >= 11 is 6.31. The maximum absolute atomic E-state index is 13.3. The average molecular weight is 832 g/mol. The highest BCUT2D eigenvalue weighted by Gasteiger charge is 2.45. The zero-order chi connectivity index (χ0) is 41.8. The van der Waals surface area contributed by atoms with Crippen LogP contribution in [0.1, 0.15) is 69.5 Å². The second-order valence-corrected chi connectivity index (χ2v) is 16.4. The topological polar surface area (TPSA) is 143 Å². The van der Waals surface area contributed by atoms with E-state index in [0.717, 1.165) is 109 Å². The monoisotopic (exact) mass is 831 g/mol. The first-order valence-electron chi connectivity index (χ1n) is 20.8. The Kier molecular flexibility index (Phi) is 12.5. The number of ether oxygens (including phenoxy) is 1. The van der Waals surface area contributed by atoms with E-state index in [-0.39, 0.29) is 30.2 Å². The van der Waals surface area contributed by atoms with E-state index in [9.17, 15) is 29.4 Å². The van der Waals surface area contributed by atoms with Gasteiger partial charge in [0.15, 0.2) is 0 Å². The lowest BCUT2D eigenvalue weighted by molar-refractivity contribution is -0.136. The van der Waals surface area contributed by atoms with Gasteiger partial charge in [-0.3, -0.25) is 39.2 Å². The molecule has 60 heavy (non-hydrogen) atoms. The number of halogens is 1. The molecule has 4 amide bonds. The number of piperidine rings is 2. The lowest BCUT2D eigenvalue weighted by atomic mass is 9.88. The van der Waals surface area contributed by atoms with Crippen LogP contribution in [0.4, 0.5) is 5.69 Å². The Bertz CT molecular complexity index is 2250. The Balaban J connectivity index is 0.796. The number of anilines is 1. The third kappa shape index (κ3) is 9.06. The minimum atomic E-state index is -0.969. The molecule has 0 aliphatic carbocycles. The number of phenols is 2. The molecule has 0 saturated carbocycles. The Morgan fingerprint density at radius 2 is 1.32 bits per heavy atom. The fourth-order valence-corrected chi connectivity index (χ4v) is 9.12. The van der Waals surface area contributed by atoms with Crippen LogP contribution in [-0.2, 0) is 9.59 Å². The summed E-state index contributed by atoms with van der Waals surface area (Å²) in [6, 6.07) is 26.8. The molecule has 0 radical (unpaired) electrons. The molecule has 13 heteroatoms. The fraction of sp³-hybridized carbons (Fsp3) is 0.362. The molecular weight excluding hydrogens is 782 g/mol. The van der Waals surface area contributed by atoms with Crippen molar-refractivity contribution in [2.75, 3.05) is 69.7 Å². The molecule has 3 saturated heterocycles. The zero-order valence-corrected chi connectivity index (χ0v) is 34.3. The Hall–Kier alpha value is -5.69. The van der Waals surface area contributed by atoms with E-state index >= 15 is 0 Å². The van der Waals surface area contributed by atoms with Crippen LogP contribution >= 0.6 is 11.6 Å². The first-order valence-corrected chi connectivity index (χ1v) is 21.3. The number of rotatable bonds is 13. The second-order valence-electron chi connectivity index (χ2n) is 16.0. The lowest BCUT2D eigenvalue weighted by Gasteiger charge is -2.39. The number of benzene rings is 4. The quantitative estimate of drug-likeness (QED) is 0.0835. The maximum atomic E-state index is 13.3. The van der Waals surface area contributed by atoms with Crippen molar-refractivity contribution in [1.29, 1.82) is 0 Å². The predicted molar refractivity (Wildman–Crippen MR) is 230 cm³/mol. The highest BCUT2D eigenvalue weighted by atomic mass is 35.5. The Morgan fingerprint density at radius 3 is 1.95 bits per heavy atom. The largest absolute Gasteiger partial charge is 0.508 e. The van der Waals surface area contributed by atoms with E-state index in [0.29, 0.717) is 36.0 Å². The van der Waals surface area contributed by atoms with Crippen molar-refractivity contribution in [3.8, 4) is 17.2 Å². The standard InChI is InChI=1S/C47H50ClN5O7/c48-20-17-39(32-1-8-36(54)9-2-32)44(33-3-10-37(55)11-4-33)34-5-12-38(13-6-34)60-28-27-50-21-18-31(19-22-50)30-51-23-25-52(26-24-51)35-7-14-40-41(29-35)47(59)53(46(40)58)42-15-16-43(56)49-45(42)57/h1-14,29,31,42,54-55H,15-28,30H2,(H,49,56,57). The molecule has 4 aromatic rings. The van der Waals surface area contributed by atoms with Crippen LogP contribution in [0.2, 0.25) is 0 Å². The molecule has 4 aromatic carbocycles. The highest BCUT2D eigenvalue weighted by molar-refractivity contribution is 6.23. The number of nitrogens with one attached hydrogen (secondary N) is 1. The number of nitrogens with zero attached hydrogens (tertiary/aromatic N) is 4. The number of hydrogen-bond acceptors (Lipinski definition) is 10. The van der Waals surface area contributed by atoms with Crippen LogP contribution < -0.4 is 15.0 Å². The summed E-state index contributed by atoms with van der Waals surface area (Å²) in [5.41, 5.74) is 6.49. The van der Waals surface area contributed by atoms with Crippen molar-refractivity contribution >= 4 is 52.1 Å². The first-order chi connectivity index (χ1) is 29.1. The molecule has 4 aliphatic heterocycles. The summed E-state index contributed by atoms with van der Waals surface area (Å²) in [5.74, 6) is 0.300. The summed E-state index contributed by atoms with van der Waals surface area (Å²) in [5, 5.41) is 22.2. The molecule has 3 N–H and O–H groups in total. The van der Waals surface area contributed by atoms with E-state index in [1.807, 2.05) is 42.5 Å². The minimum Gasteiger partial charge on any atom is -0.508 e. The molecule has 3 fully saturated rings. The normalized spacial score (nSPS) is 19.6.